The van der Waals surface area contributed by atoms with Gasteiger partial charge in [0, 0.05) is 11.1 Å². The van der Waals surface area contributed by atoms with E-state index in [1.807, 2.05) is 5.38 Å². The number of nitrogens with one attached hydrogen (secondary N) is 3. The molecule has 3 N–H and O–H groups in total. The molecule has 118 valence electrons. The highest BCUT2D eigenvalue weighted by atomic mass is 79.9. The number of nitrogens with zero attached hydrogens (tertiary/aromatic N) is 3. The van der Waals surface area contributed by atoms with E-state index in [0.29, 0.717) is 22.5 Å². The average Bonchev–Trinajstić information content (AvgIpc) is 3.19. The summed E-state index contributed by atoms with van der Waals surface area (Å²) in [5, 5.41) is 23.2. The molecule has 0 unspecified atom stereocenters. The van der Waals surface area contributed by atoms with E-state index in [4.69, 9.17) is 5.41 Å². The Morgan fingerprint density at radius 3 is 3.00 bits per heavy atom. The van der Waals surface area contributed by atoms with Crippen molar-refractivity contribution >= 4 is 44.6 Å². The number of hydrogen-bond acceptors (Lipinski definition) is 7. The van der Waals surface area contributed by atoms with E-state index < -0.39 is 0 Å². The van der Waals surface area contributed by atoms with Crippen molar-refractivity contribution in [2.45, 2.75) is 6.54 Å². The molecule has 0 aliphatic rings. The van der Waals surface area contributed by atoms with Crippen molar-refractivity contribution in [2.24, 2.45) is 0 Å². The van der Waals surface area contributed by atoms with Crippen molar-refractivity contribution in [3.8, 4) is 0 Å². The third kappa shape index (κ3) is 3.71. The molecule has 0 bridgehead atoms. The summed E-state index contributed by atoms with van der Waals surface area (Å²) in [5.41, 5.74) is 3.35. The van der Waals surface area contributed by atoms with E-state index in [1.54, 1.807) is 5.51 Å². The normalized spacial score (nSPS) is 10.5. The molecule has 23 heavy (non-hydrogen) atoms. The Hall–Kier alpha value is -2.33. The molecule has 1 aromatic carbocycles. The minimum absolute atomic E-state index is 0.0227. The predicted octanol–water partition coefficient (Wildman–Crippen LogP) is 3.48. The third-order valence-corrected chi connectivity index (χ3v) is 4.08. The highest BCUT2D eigenvalue weighted by Gasteiger charge is 2.16. The average molecular weight is 397 g/mol. The summed E-state index contributed by atoms with van der Waals surface area (Å²) in [6, 6.07) is 4.34. The number of hydrogen-bond donors (Lipinski definition) is 3. The zero-order chi connectivity index (χ0) is 16.2. The van der Waals surface area contributed by atoms with E-state index in [9.17, 15) is 4.39 Å². The fourth-order valence-corrected chi connectivity index (χ4v) is 2.68. The van der Waals surface area contributed by atoms with Crippen molar-refractivity contribution in [1.82, 2.24) is 15.3 Å². The van der Waals surface area contributed by atoms with Crippen LogP contribution < -0.4 is 10.6 Å². The molecular weight excluding hydrogens is 387 g/mol. The van der Waals surface area contributed by atoms with Gasteiger partial charge in [0.05, 0.1) is 22.2 Å². The van der Waals surface area contributed by atoms with Crippen LogP contribution in [-0.4, -0.2) is 21.1 Å². The second-order valence-electron chi connectivity index (χ2n) is 4.42. The summed E-state index contributed by atoms with van der Waals surface area (Å²) in [6.45, 7) is 0.445. The number of benzene rings is 1. The van der Waals surface area contributed by atoms with Crippen molar-refractivity contribution in [3.05, 3.63) is 50.8 Å². The SMILES string of the molecule is N=C(Nc1ccc(F)c(Br)c1)c1nonc1NCc1cscn1. The Morgan fingerprint density at radius 2 is 2.26 bits per heavy atom. The summed E-state index contributed by atoms with van der Waals surface area (Å²) in [7, 11) is 0. The van der Waals surface area contributed by atoms with Gasteiger partial charge in [-0.3, -0.25) is 5.41 Å². The molecule has 0 atom stereocenters. The van der Waals surface area contributed by atoms with Gasteiger partial charge in [-0.1, -0.05) is 0 Å². The zero-order valence-corrected chi connectivity index (χ0v) is 13.9. The van der Waals surface area contributed by atoms with Gasteiger partial charge < -0.3 is 10.6 Å². The molecule has 3 rings (SSSR count). The highest BCUT2D eigenvalue weighted by Crippen LogP contribution is 2.21. The molecule has 0 aliphatic carbocycles. The van der Waals surface area contributed by atoms with E-state index in [0.717, 1.165) is 5.69 Å². The number of amidine groups is 1. The molecule has 0 fully saturated rings. The van der Waals surface area contributed by atoms with E-state index in [-0.39, 0.29) is 17.3 Å². The van der Waals surface area contributed by atoms with Gasteiger partial charge in [0.25, 0.3) is 0 Å². The predicted molar refractivity (Wildman–Crippen MR) is 88.3 cm³/mol. The monoisotopic (exact) mass is 396 g/mol. The van der Waals surface area contributed by atoms with Gasteiger partial charge in [-0.05, 0) is 44.4 Å². The molecule has 0 saturated carbocycles. The fourth-order valence-electron chi connectivity index (χ4n) is 1.75. The zero-order valence-electron chi connectivity index (χ0n) is 11.5. The lowest BCUT2D eigenvalue weighted by atomic mass is 10.3. The number of rotatable bonds is 5. The Morgan fingerprint density at radius 1 is 1.39 bits per heavy atom. The quantitative estimate of drug-likeness (QED) is 0.450. The van der Waals surface area contributed by atoms with E-state index >= 15 is 0 Å². The number of aromatic nitrogens is 3. The highest BCUT2D eigenvalue weighted by molar-refractivity contribution is 9.10. The molecule has 10 heteroatoms. The van der Waals surface area contributed by atoms with Crippen molar-refractivity contribution < 1.29 is 9.02 Å². The first kappa shape index (κ1) is 15.6. The van der Waals surface area contributed by atoms with Gasteiger partial charge in [0.2, 0.25) is 5.82 Å². The summed E-state index contributed by atoms with van der Waals surface area (Å²) < 4.78 is 18.2. The van der Waals surface area contributed by atoms with Crippen molar-refractivity contribution in [3.63, 3.8) is 0 Å². The first-order valence-corrected chi connectivity index (χ1v) is 8.11. The van der Waals surface area contributed by atoms with Crippen LogP contribution in [0.1, 0.15) is 11.4 Å². The lowest BCUT2D eigenvalue weighted by Crippen LogP contribution is -2.15. The maximum atomic E-state index is 13.2. The smallest absolute Gasteiger partial charge is 0.202 e. The van der Waals surface area contributed by atoms with Gasteiger partial charge >= 0.3 is 0 Å². The van der Waals surface area contributed by atoms with Crippen LogP contribution in [-0.2, 0) is 6.54 Å². The Kier molecular flexibility index (Phi) is 4.63. The maximum absolute atomic E-state index is 13.2. The van der Waals surface area contributed by atoms with Gasteiger partial charge in [0.15, 0.2) is 11.5 Å². The maximum Gasteiger partial charge on any atom is 0.202 e. The standard InChI is InChI=1S/C13H10BrFN6OS/c14-9-3-7(1-2-10(9)15)19-12(16)11-13(21-22-20-11)17-4-8-5-23-6-18-8/h1-3,5-6H,4H2,(H2,16,19)(H,17,21). The lowest BCUT2D eigenvalue weighted by molar-refractivity contribution is 0.307. The van der Waals surface area contributed by atoms with Crippen LogP contribution in [0.5, 0.6) is 0 Å². The first-order chi connectivity index (χ1) is 11.1. The molecule has 7 nitrogen and oxygen atoms in total. The van der Waals surface area contributed by atoms with Crippen LogP contribution in [0, 0.1) is 11.2 Å². The molecule has 2 heterocycles. The molecule has 0 saturated heterocycles. The summed E-state index contributed by atoms with van der Waals surface area (Å²) in [6.07, 6.45) is 0. The van der Waals surface area contributed by atoms with Crippen LogP contribution in [0.4, 0.5) is 15.9 Å². The Balaban J connectivity index is 1.70. The van der Waals surface area contributed by atoms with Crippen LogP contribution in [0.15, 0.2) is 38.2 Å². The first-order valence-electron chi connectivity index (χ1n) is 6.38. The second-order valence-corrected chi connectivity index (χ2v) is 6.00. The summed E-state index contributed by atoms with van der Waals surface area (Å²) in [5.74, 6) is -0.0713. The number of halogens is 2. The van der Waals surface area contributed by atoms with Crippen LogP contribution in [0.25, 0.3) is 0 Å². The number of thiazole rings is 1. The molecule has 0 spiro atoms. The van der Waals surface area contributed by atoms with Crippen molar-refractivity contribution in [1.29, 1.82) is 5.41 Å². The van der Waals surface area contributed by atoms with Crippen LogP contribution >= 0.6 is 27.3 Å². The number of anilines is 2. The van der Waals surface area contributed by atoms with E-state index in [1.165, 1.54) is 29.5 Å². The minimum atomic E-state index is -0.379. The van der Waals surface area contributed by atoms with Gasteiger partial charge in [-0.2, -0.15) is 0 Å². The minimum Gasteiger partial charge on any atom is -0.360 e. The van der Waals surface area contributed by atoms with Gasteiger partial charge in [-0.15, -0.1) is 11.3 Å². The molecular formula is C13H10BrFN6OS. The Labute approximate surface area is 142 Å². The molecule has 0 aliphatic heterocycles. The van der Waals surface area contributed by atoms with Crippen molar-refractivity contribution in [2.75, 3.05) is 10.6 Å². The van der Waals surface area contributed by atoms with Crippen LogP contribution in [0.3, 0.4) is 0 Å². The molecule has 0 radical (unpaired) electrons. The summed E-state index contributed by atoms with van der Waals surface area (Å²) in [4.78, 5) is 4.14. The van der Waals surface area contributed by atoms with Crippen LogP contribution in [0.2, 0.25) is 0 Å². The van der Waals surface area contributed by atoms with Gasteiger partial charge in [0.1, 0.15) is 5.82 Å². The Bertz CT molecular complexity index is 822. The summed E-state index contributed by atoms with van der Waals surface area (Å²) >= 11 is 4.59. The largest absolute Gasteiger partial charge is 0.360 e. The molecule has 3 aromatic rings. The third-order valence-electron chi connectivity index (χ3n) is 2.83. The topological polar surface area (TPSA) is 99.7 Å². The molecule has 0 amide bonds. The van der Waals surface area contributed by atoms with E-state index in [2.05, 4.69) is 46.5 Å². The van der Waals surface area contributed by atoms with Gasteiger partial charge in [-0.25, -0.2) is 14.0 Å². The molecule has 2 aromatic heterocycles. The fraction of sp³-hybridized carbons (Fsp3) is 0.0769. The lowest BCUT2D eigenvalue weighted by Gasteiger charge is -2.07. The second kappa shape index (κ2) is 6.84.